The first kappa shape index (κ1) is 24.6. The van der Waals surface area contributed by atoms with E-state index in [0.29, 0.717) is 17.4 Å². The average molecular weight is 511 g/mol. The monoisotopic (exact) mass is 511 g/mol. The Morgan fingerprint density at radius 2 is 2.06 bits per heavy atom. The van der Waals surface area contributed by atoms with Gasteiger partial charge in [-0.15, -0.1) is 0 Å². The molecule has 3 heterocycles. The van der Waals surface area contributed by atoms with Crippen LogP contribution < -0.4 is 10.6 Å². The van der Waals surface area contributed by atoms with E-state index in [4.69, 9.17) is 25.2 Å². The van der Waals surface area contributed by atoms with Crippen molar-refractivity contribution in [3.05, 3.63) is 6.33 Å². The number of nitrogens with two attached hydrogens (primary N) is 1. The normalized spacial score (nSPS) is 30.0. The van der Waals surface area contributed by atoms with Crippen LogP contribution in [0.15, 0.2) is 6.33 Å². The van der Waals surface area contributed by atoms with Gasteiger partial charge in [0.1, 0.15) is 17.8 Å². The minimum absolute atomic E-state index is 0.0352. The highest BCUT2D eigenvalue weighted by molar-refractivity contribution is 7.64. The molecule has 0 spiro atoms. The fourth-order valence-electron chi connectivity index (χ4n) is 3.68. The fourth-order valence-corrected chi connectivity index (χ4v) is 5.31. The molecule has 0 aromatic carbocycles. The second kappa shape index (κ2) is 8.29. The number of rotatable bonds is 8. The summed E-state index contributed by atoms with van der Waals surface area (Å²) >= 11 is 0. The molecule has 18 heteroatoms. The first-order chi connectivity index (χ1) is 15.2. The third-order valence-electron chi connectivity index (χ3n) is 5.47. The van der Waals surface area contributed by atoms with Crippen molar-refractivity contribution in [3.8, 4) is 0 Å². The summed E-state index contributed by atoms with van der Waals surface area (Å²) in [5, 5.41) is 21.5. The van der Waals surface area contributed by atoms with Crippen LogP contribution in [0.3, 0.4) is 0 Å². The smallest absolute Gasteiger partial charge is 0.387 e. The molecule has 0 bridgehead atoms. The maximum absolute atomic E-state index is 11.7. The van der Waals surface area contributed by atoms with Crippen LogP contribution in [0.2, 0.25) is 0 Å². The number of aliphatic hydroxyl groups is 2. The lowest BCUT2D eigenvalue weighted by atomic mass is 9.96. The minimum Gasteiger partial charge on any atom is -0.387 e. The molecule has 1 aliphatic heterocycles. The van der Waals surface area contributed by atoms with E-state index in [0.717, 1.165) is 12.8 Å². The topological polar surface area (TPSA) is 239 Å². The van der Waals surface area contributed by atoms with E-state index in [1.54, 1.807) is 0 Å². The van der Waals surface area contributed by atoms with E-state index in [1.165, 1.54) is 17.8 Å². The van der Waals surface area contributed by atoms with Crippen molar-refractivity contribution >= 4 is 38.9 Å². The maximum Gasteiger partial charge on any atom is 0.577 e. The highest BCUT2D eigenvalue weighted by atomic mass is 31.3. The molecule has 1 saturated carbocycles. The van der Waals surface area contributed by atoms with Crippen LogP contribution >= 0.6 is 16.0 Å². The van der Waals surface area contributed by atoms with Gasteiger partial charge in [-0.1, -0.05) is 0 Å². The Bertz CT molecular complexity index is 1090. The lowest BCUT2D eigenvalue weighted by Gasteiger charge is -2.27. The van der Waals surface area contributed by atoms with Gasteiger partial charge in [-0.25, -0.2) is 9.55 Å². The molecule has 0 radical (unpaired) electrons. The van der Waals surface area contributed by atoms with Crippen LogP contribution in [0, 0.1) is 0 Å². The number of phosphoric ester groups is 1. The number of phosphoric acid groups is 1. The highest BCUT2D eigenvalue weighted by Gasteiger charge is 2.55. The molecular weight excluding hydrogens is 486 g/mol. The summed E-state index contributed by atoms with van der Waals surface area (Å²) in [5.41, 5.74) is 4.58. The molecule has 0 amide bonds. The molecular formula is C15H25N6O10P2+. The predicted molar refractivity (Wildman–Crippen MR) is 112 cm³/mol. The van der Waals surface area contributed by atoms with Gasteiger partial charge in [0.05, 0.1) is 12.9 Å². The summed E-state index contributed by atoms with van der Waals surface area (Å²) < 4.78 is 27.2. The third-order valence-corrected chi connectivity index (χ3v) is 7.65. The van der Waals surface area contributed by atoms with E-state index in [-0.39, 0.29) is 11.6 Å². The summed E-state index contributed by atoms with van der Waals surface area (Å²) in [6, 6.07) is 0.302. The standard InChI is InChI=1S/C15H24N6O10P2/c1-15(23)10(22)8(5-29-33(27,28)31-32(24,25)26)30-13(15)21-6-17-9-11(20(2)7-3-4-7)18-14(16)19-12(9)21/h6-8,10,13,22-26H,3-5H2,1-2H3,(H2-,16,18,19,27,28)/p+1/t8-,10-,13-,15-/m1/s1. The number of anilines is 2. The lowest BCUT2D eigenvalue weighted by Crippen LogP contribution is -2.44. The Morgan fingerprint density at radius 3 is 2.67 bits per heavy atom. The van der Waals surface area contributed by atoms with Crippen LogP contribution in [0.4, 0.5) is 11.8 Å². The lowest BCUT2D eigenvalue weighted by molar-refractivity contribution is -0.0949. The van der Waals surface area contributed by atoms with Gasteiger partial charge in [-0.3, -0.25) is 9.09 Å². The summed E-state index contributed by atoms with van der Waals surface area (Å²) in [6.45, 7) is 0.470. The van der Waals surface area contributed by atoms with E-state index in [2.05, 4.69) is 23.8 Å². The van der Waals surface area contributed by atoms with Crippen molar-refractivity contribution in [2.45, 2.75) is 49.8 Å². The fraction of sp³-hybridized carbons (Fsp3) is 0.667. The number of ether oxygens (including phenoxy) is 1. The van der Waals surface area contributed by atoms with Gasteiger partial charge in [0.2, 0.25) is 5.95 Å². The van der Waals surface area contributed by atoms with Crippen molar-refractivity contribution in [1.82, 2.24) is 19.5 Å². The van der Waals surface area contributed by atoms with Crippen molar-refractivity contribution in [3.63, 3.8) is 0 Å². The van der Waals surface area contributed by atoms with Gasteiger partial charge in [-0.2, -0.15) is 24.6 Å². The minimum atomic E-state index is -5.12. The Morgan fingerprint density at radius 1 is 1.39 bits per heavy atom. The van der Waals surface area contributed by atoms with Gasteiger partial charge < -0.3 is 30.5 Å². The number of imidazole rings is 1. The Hall–Kier alpha value is -1.55. The van der Waals surface area contributed by atoms with Crippen LogP contribution in [0.25, 0.3) is 11.2 Å². The summed E-state index contributed by atoms with van der Waals surface area (Å²) in [6.07, 6.45) is -0.908. The zero-order chi connectivity index (χ0) is 24.3. The molecule has 5 atom stereocenters. The Labute approximate surface area is 187 Å². The summed E-state index contributed by atoms with van der Waals surface area (Å²) in [5.74, 6) is 0.464. The van der Waals surface area contributed by atoms with Crippen molar-refractivity contribution in [1.29, 1.82) is 0 Å². The maximum atomic E-state index is 11.7. The quantitative estimate of drug-likeness (QED) is 0.206. The number of aromatic nitrogens is 4. The molecule has 2 fully saturated rings. The van der Waals surface area contributed by atoms with Crippen LogP contribution in [0.1, 0.15) is 26.0 Å². The highest BCUT2D eigenvalue weighted by Crippen LogP contribution is 2.62. The zero-order valence-corrected chi connectivity index (χ0v) is 19.3. The van der Waals surface area contributed by atoms with Crippen molar-refractivity contribution in [2.75, 3.05) is 24.3 Å². The van der Waals surface area contributed by atoms with E-state index < -0.39 is 46.6 Å². The first-order valence-corrected chi connectivity index (χ1v) is 12.8. The molecule has 184 valence electrons. The van der Waals surface area contributed by atoms with Gasteiger partial charge in [0.15, 0.2) is 23.2 Å². The van der Waals surface area contributed by atoms with Crippen molar-refractivity contribution < 1.29 is 47.9 Å². The molecule has 33 heavy (non-hydrogen) atoms. The molecule has 4 rings (SSSR count). The molecule has 2 aromatic heterocycles. The Balaban J connectivity index is 1.60. The largest absolute Gasteiger partial charge is 0.577 e. The van der Waals surface area contributed by atoms with Crippen LogP contribution in [-0.4, -0.2) is 86.8 Å². The number of hydrogen-bond donors (Lipinski definition) is 7. The first-order valence-electron chi connectivity index (χ1n) is 9.74. The van der Waals surface area contributed by atoms with Gasteiger partial charge in [-0.05, 0) is 24.1 Å². The Kier molecular flexibility index (Phi) is 6.17. The molecule has 1 saturated heterocycles. The van der Waals surface area contributed by atoms with E-state index in [9.17, 15) is 19.7 Å². The van der Waals surface area contributed by atoms with E-state index >= 15 is 0 Å². The number of nitrogen functional groups attached to an aromatic ring is 1. The number of aliphatic hydroxyl groups excluding tert-OH is 1. The molecule has 16 nitrogen and oxygen atoms in total. The van der Waals surface area contributed by atoms with Crippen LogP contribution in [-0.2, 0) is 18.1 Å². The molecule has 8 N–H and O–H groups in total. The number of nitrogens with zero attached hydrogens (tertiary/aromatic N) is 5. The third kappa shape index (κ3) is 4.97. The van der Waals surface area contributed by atoms with Gasteiger partial charge in [0.25, 0.3) is 0 Å². The van der Waals surface area contributed by atoms with E-state index in [1.807, 2.05) is 11.9 Å². The second-order valence-corrected chi connectivity index (χ2v) is 11.0. The van der Waals surface area contributed by atoms with Gasteiger partial charge >= 0.3 is 16.0 Å². The predicted octanol–water partition coefficient (Wildman–Crippen LogP) is -1.20. The summed E-state index contributed by atoms with van der Waals surface area (Å²) in [4.78, 5) is 50.6. The van der Waals surface area contributed by atoms with Crippen molar-refractivity contribution in [2.24, 2.45) is 0 Å². The molecule has 2 aliphatic rings. The molecule has 1 unspecified atom stereocenters. The van der Waals surface area contributed by atoms with Crippen LogP contribution in [0.5, 0.6) is 0 Å². The SMILES string of the molecule is CN(c1nc(N)nc2c1ncn2[C@@H]1O[C@H](COP(=O)(O)O[P+](O)(O)O)[C@@H](O)[C@@]1(C)O)C1CC1. The molecule has 1 aliphatic carbocycles. The van der Waals surface area contributed by atoms with Gasteiger partial charge in [0, 0.05) is 13.1 Å². The number of fused-ring (bicyclic) bond motifs is 1. The zero-order valence-electron chi connectivity index (χ0n) is 17.5. The molecule has 2 aromatic rings. The number of hydrogen-bond acceptors (Lipinski definition) is 14. The second-order valence-electron chi connectivity index (χ2n) is 8.13. The average Bonchev–Trinajstić information content (AvgIpc) is 3.40. The summed E-state index contributed by atoms with van der Waals surface area (Å²) in [7, 11) is -8.33.